The van der Waals surface area contributed by atoms with Gasteiger partial charge >= 0.3 is 0 Å². The number of hydrogen-bond donors (Lipinski definition) is 0. The van der Waals surface area contributed by atoms with E-state index in [1.807, 2.05) is 0 Å². The molecule has 8 aromatic carbocycles. The van der Waals surface area contributed by atoms with Gasteiger partial charge in [0, 0.05) is 51.4 Å². The first-order valence-electron chi connectivity index (χ1n) is 19.8. The third-order valence-corrected chi connectivity index (χ3v) is 11.4. The lowest BCUT2D eigenvalue weighted by Crippen LogP contribution is -2.57. The fraction of sp³-hybridized carbons (Fsp3) is 0.115. The molecule has 0 bridgehead atoms. The third kappa shape index (κ3) is 6.02. The molecule has 4 nitrogen and oxygen atoms in total. The minimum absolute atomic E-state index is 0.112. The number of rotatable bonds is 6. The molecule has 2 aliphatic rings. The largest absolute Gasteiger partial charge is 0.458 e. The summed E-state index contributed by atoms with van der Waals surface area (Å²) in [6.07, 6.45) is 0. The lowest BCUT2D eigenvalue weighted by Gasteiger charge is -2.37. The standard InChI is InChI=1S/C52H43BN2O2/c1-34-20-24-39(25-21-34)54(40-26-22-35(2)23-27-40)41-28-29-44-46(32-41)56-47-30-36(52(3,4)5)31-48-51(47)53(44)50-43-19-13-12-18-42(43)45(33-49(50)57-48)55(37-14-8-6-9-15-37)38-16-10-7-11-17-38/h6-33H,1-5H3. The molecule has 5 heteroatoms. The number of para-hydroxylation sites is 2. The van der Waals surface area contributed by atoms with Crippen LogP contribution in [0.1, 0.15) is 37.5 Å². The number of ether oxygens (including phenoxy) is 2. The number of benzene rings is 8. The summed E-state index contributed by atoms with van der Waals surface area (Å²) in [5, 5.41) is 2.31. The Morgan fingerprint density at radius 1 is 0.421 bits per heavy atom. The Morgan fingerprint density at radius 2 is 0.895 bits per heavy atom. The van der Waals surface area contributed by atoms with Crippen molar-refractivity contribution in [1.29, 1.82) is 0 Å². The Morgan fingerprint density at radius 3 is 1.46 bits per heavy atom. The summed E-state index contributed by atoms with van der Waals surface area (Å²) in [4.78, 5) is 4.66. The highest BCUT2D eigenvalue weighted by molar-refractivity contribution is 6.99. The molecular formula is C52H43BN2O2. The Bertz CT molecular complexity index is 2710. The van der Waals surface area contributed by atoms with Gasteiger partial charge in [0.2, 0.25) is 0 Å². The van der Waals surface area contributed by atoms with E-state index in [1.165, 1.54) is 11.1 Å². The second-order valence-corrected chi connectivity index (χ2v) is 16.4. The van der Waals surface area contributed by atoms with Crippen LogP contribution in [-0.2, 0) is 5.41 Å². The van der Waals surface area contributed by atoms with Crippen molar-refractivity contribution in [2.75, 3.05) is 9.80 Å². The van der Waals surface area contributed by atoms with Crippen molar-refractivity contribution in [3.05, 3.63) is 187 Å². The summed E-state index contributed by atoms with van der Waals surface area (Å²) in [7, 11) is 0. The van der Waals surface area contributed by atoms with Crippen LogP contribution in [-0.4, -0.2) is 6.71 Å². The highest BCUT2D eigenvalue weighted by Crippen LogP contribution is 2.46. The van der Waals surface area contributed by atoms with Crippen LogP contribution in [0.5, 0.6) is 23.0 Å². The van der Waals surface area contributed by atoms with Gasteiger partial charge in [-0.3, -0.25) is 0 Å². The lowest BCUT2D eigenvalue weighted by molar-refractivity contribution is 0.459. The first kappa shape index (κ1) is 34.8. The molecule has 0 radical (unpaired) electrons. The fourth-order valence-corrected chi connectivity index (χ4v) is 8.51. The predicted molar refractivity (Wildman–Crippen MR) is 239 cm³/mol. The average Bonchev–Trinajstić information content (AvgIpc) is 3.22. The molecule has 0 N–H and O–H groups in total. The molecule has 0 fully saturated rings. The number of anilines is 6. The molecule has 10 rings (SSSR count). The van der Waals surface area contributed by atoms with Gasteiger partial charge in [0.25, 0.3) is 6.71 Å². The Balaban J connectivity index is 1.21. The molecule has 0 aliphatic carbocycles. The number of aryl methyl sites for hydroxylation is 2. The Labute approximate surface area is 335 Å². The summed E-state index contributed by atoms with van der Waals surface area (Å²) in [6.45, 7) is 10.9. The SMILES string of the molecule is Cc1ccc(N(c2ccc(C)cc2)c2ccc3c(c2)Oc2cc(C(C)(C)C)cc4c2B3c2c(cc(N(c3ccccc3)c3ccccc3)c3ccccc23)O4)cc1. The van der Waals surface area contributed by atoms with E-state index in [0.29, 0.717) is 0 Å². The van der Waals surface area contributed by atoms with Gasteiger partial charge < -0.3 is 19.3 Å². The zero-order valence-electron chi connectivity index (χ0n) is 33.0. The van der Waals surface area contributed by atoms with Gasteiger partial charge in [-0.1, -0.05) is 123 Å². The molecule has 276 valence electrons. The molecule has 2 heterocycles. The van der Waals surface area contributed by atoms with E-state index in [0.717, 1.165) is 89.8 Å². The number of hydrogen-bond acceptors (Lipinski definition) is 4. The predicted octanol–water partition coefficient (Wildman–Crippen LogP) is 12.4. The van der Waals surface area contributed by atoms with Crippen molar-refractivity contribution < 1.29 is 9.47 Å². The van der Waals surface area contributed by atoms with Crippen LogP contribution in [0.15, 0.2) is 170 Å². The minimum atomic E-state index is -0.129. The average molecular weight is 739 g/mol. The van der Waals surface area contributed by atoms with Crippen molar-refractivity contribution in [2.24, 2.45) is 0 Å². The Hall–Kier alpha value is -6.72. The first-order chi connectivity index (χ1) is 27.7. The Kier molecular flexibility index (Phi) is 8.23. The topological polar surface area (TPSA) is 24.9 Å². The number of nitrogens with zero attached hydrogens (tertiary/aromatic N) is 2. The maximum absolute atomic E-state index is 7.13. The van der Waals surface area contributed by atoms with Gasteiger partial charge in [-0.2, -0.15) is 0 Å². The first-order valence-corrected chi connectivity index (χ1v) is 19.8. The maximum Gasteiger partial charge on any atom is 0.261 e. The molecule has 8 aromatic rings. The zero-order chi connectivity index (χ0) is 38.8. The summed E-state index contributed by atoms with van der Waals surface area (Å²) < 4.78 is 14.2. The van der Waals surface area contributed by atoms with Gasteiger partial charge in [0.1, 0.15) is 23.0 Å². The summed E-state index contributed by atoms with van der Waals surface area (Å²) >= 11 is 0. The maximum atomic E-state index is 7.13. The third-order valence-electron chi connectivity index (χ3n) is 11.4. The molecule has 2 aliphatic heterocycles. The highest BCUT2D eigenvalue weighted by Gasteiger charge is 2.43. The minimum Gasteiger partial charge on any atom is -0.458 e. The van der Waals surface area contributed by atoms with E-state index in [-0.39, 0.29) is 12.1 Å². The second-order valence-electron chi connectivity index (χ2n) is 16.4. The molecule has 0 atom stereocenters. The van der Waals surface area contributed by atoms with Gasteiger partial charge in [-0.15, -0.1) is 0 Å². The van der Waals surface area contributed by atoms with Crippen LogP contribution in [0.25, 0.3) is 10.8 Å². The van der Waals surface area contributed by atoms with E-state index in [1.54, 1.807) is 0 Å². The van der Waals surface area contributed by atoms with Crippen molar-refractivity contribution in [3.63, 3.8) is 0 Å². The van der Waals surface area contributed by atoms with Crippen molar-refractivity contribution in [1.82, 2.24) is 0 Å². The highest BCUT2D eigenvalue weighted by atomic mass is 16.5. The van der Waals surface area contributed by atoms with Crippen LogP contribution in [0, 0.1) is 13.8 Å². The second kappa shape index (κ2) is 13.5. The van der Waals surface area contributed by atoms with Gasteiger partial charge in [0.15, 0.2) is 0 Å². The van der Waals surface area contributed by atoms with Crippen LogP contribution >= 0.6 is 0 Å². The molecule has 0 saturated carbocycles. The van der Waals surface area contributed by atoms with Crippen LogP contribution < -0.4 is 35.7 Å². The summed E-state index contributed by atoms with van der Waals surface area (Å²) in [5.41, 5.74) is 13.3. The van der Waals surface area contributed by atoms with Gasteiger partial charge in [-0.25, -0.2) is 0 Å². The molecule has 0 unspecified atom stereocenters. The fourth-order valence-electron chi connectivity index (χ4n) is 8.51. The van der Waals surface area contributed by atoms with E-state index in [2.05, 4.69) is 214 Å². The van der Waals surface area contributed by atoms with Crippen molar-refractivity contribution in [3.8, 4) is 23.0 Å². The van der Waals surface area contributed by atoms with Crippen LogP contribution in [0.3, 0.4) is 0 Å². The molecular weight excluding hydrogens is 695 g/mol. The quantitative estimate of drug-likeness (QED) is 0.159. The van der Waals surface area contributed by atoms with E-state index in [4.69, 9.17) is 9.47 Å². The zero-order valence-corrected chi connectivity index (χ0v) is 33.0. The van der Waals surface area contributed by atoms with Crippen LogP contribution in [0.4, 0.5) is 34.1 Å². The van der Waals surface area contributed by atoms with Gasteiger partial charge in [-0.05, 0) is 108 Å². The monoisotopic (exact) mass is 738 g/mol. The molecule has 0 saturated heterocycles. The molecule has 0 amide bonds. The van der Waals surface area contributed by atoms with E-state index < -0.39 is 0 Å². The summed E-state index contributed by atoms with van der Waals surface area (Å²) in [6, 6.07) is 60.9. The van der Waals surface area contributed by atoms with Gasteiger partial charge in [0.05, 0.1) is 5.69 Å². The number of fused-ring (bicyclic) bond motifs is 6. The summed E-state index contributed by atoms with van der Waals surface area (Å²) in [5.74, 6) is 3.39. The lowest BCUT2D eigenvalue weighted by atomic mass is 9.34. The van der Waals surface area contributed by atoms with Crippen molar-refractivity contribution >= 4 is 68.0 Å². The molecule has 0 spiro atoms. The van der Waals surface area contributed by atoms with Crippen LogP contribution in [0.2, 0.25) is 0 Å². The normalized spacial score (nSPS) is 12.5. The molecule has 0 aromatic heterocycles. The van der Waals surface area contributed by atoms with Crippen molar-refractivity contribution in [2.45, 2.75) is 40.0 Å². The van der Waals surface area contributed by atoms with E-state index >= 15 is 0 Å². The molecule has 57 heavy (non-hydrogen) atoms. The smallest absolute Gasteiger partial charge is 0.261 e. The van der Waals surface area contributed by atoms with E-state index in [9.17, 15) is 0 Å².